The number of fused-ring (bicyclic) bond motifs is 1. The topological polar surface area (TPSA) is 102 Å². The van der Waals surface area contributed by atoms with Gasteiger partial charge in [0.05, 0.1) is 12.2 Å². The predicted octanol–water partition coefficient (Wildman–Crippen LogP) is 1.87. The predicted molar refractivity (Wildman–Crippen MR) is 79.7 cm³/mol. The number of aliphatic carboxylic acids is 1. The van der Waals surface area contributed by atoms with E-state index in [-0.39, 0.29) is 0 Å². The zero-order valence-corrected chi connectivity index (χ0v) is 13.2. The summed E-state index contributed by atoms with van der Waals surface area (Å²) < 4.78 is 1.60. The number of hydrogen-bond donors (Lipinski definition) is 4. The maximum Gasteiger partial charge on any atom is 0.328 e. The van der Waals surface area contributed by atoms with E-state index in [0.29, 0.717) is 10.9 Å². The van der Waals surface area contributed by atoms with Crippen LogP contribution in [0, 0.1) is 0 Å². The fourth-order valence-corrected chi connectivity index (χ4v) is 2.41. The minimum atomic E-state index is -1.33. The zero-order chi connectivity index (χ0) is 14.9. The lowest BCUT2D eigenvalue weighted by molar-refractivity contribution is -0.140. The van der Waals surface area contributed by atoms with Gasteiger partial charge in [-0.05, 0) is 44.0 Å². The minimum Gasteiger partial charge on any atom is -0.480 e. The molecule has 2 rings (SSSR count). The van der Waals surface area contributed by atoms with Crippen LogP contribution in [0.4, 0.5) is 0 Å². The number of aromatic nitrogens is 1. The standard InChI is InChI=1S/C12H10Br2N2O4/c13-7-1-5-6(3-15-9(5)2-8(7)14)11(18)16-10(4-17)12(19)20/h1-3,10,15,17H,4H2,(H,16,18)(H,19,20)/t10-/m1/s1. The quantitative estimate of drug-likeness (QED) is 0.623. The number of carboxylic acid groups (broad SMARTS) is 1. The van der Waals surface area contributed by atoms with Crippen LogP contribution in [0.5, 0.6) is 0 Å². The largest absolute Gasteiger partial charge is 0.480 e. The lowest BCUT2D eigenvalue weighted by Gasteiger charge is -2.11. The van der Waals surface area contributed by atoms with Gasteiger partial charge in [0.25, 0.3) is 5.91 Å². The van der Waals surface area contributed by atoms with Gasteiger partial charge in [0.2, 0.25) is 0 Å². The Balaban J connectivity index is 2.35. The molecule has 0 aliphatic carbocycles. The van der Waals surface area contributed by atoms with Crippen LogP contribution in [0.3, 0.4) is 0 Å². The third-order valence-corrected chi connectivity index (χ3v) is 4.60. The molecule has 0 fully saturated rings. The zero-order valence-electron chi connectivity index (χ0n) is 9.98. The van der Waals surface area contributed by atoms with Crippen LogP contribution < -0.4 is 5.32 Å². The first-order chi connectivity index (χ1) is 9.43. The third kappa shape index (κ3) is 2.87. The molecule has 2 aromatic rings. The second-order valence-corrected chi connectivity index (χ2v) is 5.77. The van der Waals surface area contributed by atoms with E-state index >= 15 is 0 Å². The molecule has 1 amide bonds. The summed E-state index contributed by atoms with van der Waals surface area (Å²) in [6.07, 6.45) is 1.50. The Kier molecular flexibility index (Phi) is 4.46. The summed E-state index contributed by atoms with van der Waals surface area (Å²) in [7, 11) is 0. The summed E-state index contributed by atoms with van der Waals surface area (Å²) in [5, 5.41) is 20.6. The first-order valence-electron chi connectivity index (χ1n) is 5.54. The Bertz CT molecular complexity index is 683. The van der Waals surface area contributed by atoms with E-state index in [1.165, 1.54) is 6.20 Å². The van der Waals surface area contributed by atoms with Gasteiger partial charge in [-0.3, -0.25) is 4.79 Å². The van der Waals surface area contributed by atoms with E-state index in [2.05, 4.69) is 42.2 Å². The van der Waals surface area contributed by atoms with Gasteiger partial charge in [0, 0.05) is 26.0 Å². The Morgan fingerprint density at radius 2 is 1.95 bits per heavy atom. The number of aliphatic hydroxyl groups is 1. The van der Waals surface area contributed by atoms with Crippen molar-refractivity contribution < 1.29 is 19.8 Å². The molecule has 106 valence electrons. The van der Waals surface area contributed by atoms with Crippen LogP contribution in [0.25, 0.3) is 10.9 Å². The van der Waals surface area contributed by atoms with Gasteiger partial charge in [-0.25, -0.2) is 4.79 Å². The maximum absolute atomic E-state index is 12.1. The molecule has 1 heterocycles. The van der Waals surface area contributed by atoms with Gasteiger partial charge in [-0.2, -0.15) is 0 Å². The van der Waals surface area contributed by atoms with Gasteiger partial charge >= 0.3 is 5.97 Å². The number of carboxylic acids is 1. The van der Waals surface area contributed by atoms with Crippen molar-refractivity contribution in [1.82, 2.24) is 10.3 Å². The highest BCUT2D eigenvalue weighted by atomic mass is 79.9. The SMILES string of the molecule is O=C(N[C@H](CO)C(=O)O)c1c[nH]c2cc(Br)c(Br)cc12. The third-order valence-electron chi connectivity index (χ3n) is 2.75. The molecule has 0 unspecified atom stereocenters. The number of nitrogens with one attached hydrogen (secondary N) is 2. The second kappa shape index (κ2) is 5.94. The van der Waals surface area contributed by atoms with E-state index in [0.717, 1.165) is 14.5 Å². The fourth-order valence-electron chi connectivity index (χ4n) is 1.73. The number of amides is 1. The van der Waals surface area contributed by atoms with Gasteiger partial charge in [-0.15, -0.1) is 0 Å². The lowest BCUT2D eigenvalue weighted by atomic mass is 10.1. The molecule has 0 bridgehead atoms. The number of aromatic amines is 1. The monoisotopic (exact) mass is 404 g/mol. The average molecular weight is 406 g/mol. The van der Waals surface area contributed by atoms with E-state index in [4.69, 9.17) is 10.2 Å². The molecule has 4 N–H and O–H groups in total. The first kappa shape index (κ1) is 15.0. The van der Waals surface area contributed by atoms with E-state index in [1.807, 2.05) is 0 Å². The van der Waals surface area contributed by atoms with Crippen molar-refractivity contribution in [2.75, 3.05) is 6.61 Å². The molecular formula is C12H10Br2N2O4. The molecule has 0 aliphatic rings. The van der Waals surface area contributed by atoms with Gasteiger partial charge in [0.1, 0.15) is 0 Å². The van der Waals surface area contributed by atoms with Crippen LogP contribution >= 0.6 is 31.9 Å². The van der Waals surface area contributed by atoms with Crippen molar-refractivity contribution in [2.45, 2.75) is 6.04 Å². The fraction of sp³-hybridized carbons (Fsp3) is 0.167. The van der Waals surface area contributed by atoms with Crippen LogP contribution in [0.1, 0.15) is 10.4 Å². The molecule has 0 radical (unpaired) electrons. The smallest absolute Gasteiger partial charge is 0.328 e. The molecule has 0 spiro atoms. The van der Waals surface area contributed by atoms with Crippen molar-refractivity contribution in [3.8, 4) is 0 Å². The molecule has 1 aromatic carbocycles. The molecule has 0 saturated carbocycles. The van der Waals surface area contributed by atoms with Gasteiger partial charge in [0.15, 0.2) is 6.04 Å². The summed E-state index contributed by atoms with van der Waals surface area (Å²) in [6, 6.07) is 2.22. The Labute approximate surface area is 130 Å². The number of rotatable bonds is 4. The van der Waals surface area contributed by atoms with Crippen LogP contribution in [-0.2, 0) is 4.79 Å². The summed E-state index contributed by atoms with van der Waals surface area (Å²) >= 11 is 6.70. The Morgan fingerprint density at radius 3 is 2.55 bits per heavy atom. The van der Waals surface area contributed by atoms with Crippen molar-refractivity contribution >= 4 is 54.6 Å². The first-order valence-corrected chi connectivity index (χ1v) is 7.13. The van der Waals surface area contributed by atoms with Crippen molar-refractivity contribution in [1.29, 1.82) is 0 Å². The number of hydrogen-bond acceptors (Lipinski definition) is 3. The van der Waals surface area contributed by atoms with Crippen LogP contribution in [0.2, 0.25) is 0 Å². The molecule has 8 heteroatoms. The average Bonchev–Trinajstić information content (AvgIpc) is 2.78. The number of benzene rings is 1. The van der Waals surface area contributed by atoms with Crippen molar-refractivity contribution in [3.63, 3.8) is 0 Å². The molecule has 1 atom stereocenters. The lowest BCUT2D eigenvalue weighted by Crippen LogP contribution is -2.43. The minimum absolute atomic E-state index is 0.313. The highest BCUT2D eigenvalue weighted by Crippen LogP contribution is 2.30. The molecule has 20 heavy (non-hydrogen) atoms. The molecule has 1 aromatic heterocycles. The van der Waals surface area contributed by atoms with Crippen molar-refractivity contribution in [2.24, 2.45) is 0 Å². The van der Waals surface area contributed by atoms with E-state index < -0.39 is 24.5 Å². The number of carbonyl (C=O) groups is 2. The highest BCUT2D eigenvalue weighted by molar-refractivity contribution is 9.13. The maximum atomic E-state index is 12.1. The molecular weight excluding hydrogens is 396 g/mol. The molecule has 0 saturated heterocycles. The Morgan fingerprint density at radius 1 is 1.30 bits per heavy atom. The highest BCUT2D eigenvalue weighted by Gasteiger charge is 2.21. The van der Waals surface area contributed by atoms with E-state index in [9.17, 15) is 9.59 Å². The number of carbonyl (C=O) groups excluding carboxylic acids is 1. The van der Waals surface area contributed by atoms with Gasteiger partial charge < -0.3 is 20.5 Å². The summed E-state index contributed by atoms with van der Waals surface area (Å²) in [4.78, 5) is 25.8. The molecule has 6 nitrogen and oxygen atoms in total. The van der Waals surface area contributed by atoms with Gasteiger partial charge in [-0.1, -0.05) is 0 Å². The second-order valence-electron chi connectivity index (χ2n) is 4.06. The molecule has 0 aliphatic heterocycles. The number of aliphatic hydroxyl groups excluding tert-OH is 1. The summed E-state index contributed by atoms with van der Waals surface area (Å²) in [6.45, 7) is -0.668. The normalized spacial score (nSPS) is 12.3. The van der Waals surface area contributed by atoms with Crippen LogP contribution in [-0.4, -0.2) is 39.7 Å². The van der Waals surface area contributed by atoms with Crippen LogP contribution in [0.15, 0.2) is 27.3 Å². The summed E-state index contributed by atoms with van der Waals surface area (Å²) in [5.74, 6) is -1.85. The van der Waals surface area contributed by atoms with Crippen molar-refractivity contribution in [3.05, 3.63) is 32.8 Å². The Hall–Kier alpha value is -1.38. The van der Waals surface area contributed by atoms with E-state index in [1.54, 1.807) is 12.1 Å². The number of halogens is 2. The number of H-pyrrole nitrogens is 1. The summed E-state index contributed by atoms with van der Waals surface area (Å²) in [5.41, 5.74) is 1.05.